The SMILES string of the molecule is c1ccc([Si](c2ccccc2)(c2ccccc2)c2ccc3c(c2)c2ccccc2n3-c2cccc(-c3cc(-n4c5ccccc5c5ccccc54)nc(-n4c5ccccc5c5cc([Si](c6ccccc6)(c6ccccc6)c6ccccc6)ccc54)c3)n2)cc1. The van der Waals surface area contributed by atoms with Crippen molar-refractivity contribution in [2.75, 3.05) is 0 Å². The number of pyridine rings is 2. The molecule has 17 aromatic rings. The predicted molar refractivity (Wildman–Crippen MR) is 378 cm³/mol. The Labute approximate surface area is 518 Å². The number of nitrogens with zero attached hydrogens (tertiary/aromatic N) is 5. The number of hydrogen-bond acceptors (Lipinski definition) is 2. The lowest BCUT2D eigenvalue weighted by Crippen LogP contribution is -2.74. The molecule has 89 heavy (non-hydrogen) atoms. The number of hydrogen-bond donors (Lipinski definition) is 0. The molecule has 12 aromatic carbocycles. The fourth-order valence-corrected chi connectivity index (χ4v) is 24.3. The number of fused-ring (bicyclic) bond motifs is 9. The molecule has 0 fully saturated rings. The summed E-state index contributed by atoms with van der Waals surface area (Å²) in [7, 11) is -5.72. The maximum absolute atomic E-state index is 5.81. The fraction of sp³-hybridized carbons (Fsp3) is 0. The smallest absolute Gasteiger partial charge is 0.179 e. The molecule has 0 amide bonds. The Kier molecular flexibility index (Phi) is 12.5. The minimum atomic E-state index is -2.88. The molecule has 5 nitrogen and oxygen atoms in total. The van der Waals surface area contributed by atoms with Gasteiger partial charge in [-0.25, -0.2) is 9.97 Å². The number of aromatic nitrogens is 5. The Hall–Kier alpha value is -11.2. The summed E-state index contributed by atoms with van der Waals surface area (Å²) in [5.74, 6) is 2.44. The van der Waals surface area contributed by atoms with Crippen LogP contribution in [-0.2, 0) is 0 Å². The lowest BCUT2D eigenvalue weighted by Gasteiger charge is -2.34. The largest absolute Gasteiger partial charge is 0.294 e. The zero-order valence-corrected chi connectivity index (χ0v) is 50.6. The summed E-state index contributed by atoms with van der Waals surface area (Å²) < 4.78 is 7.07. The van der Waals surface area contributed by atoms with Gasteiger partial charge in [0.1, 0.15) is 17.5 Å². The highest BCUT2D eigenvalue weighted by Crippen LogP contribution is 2.38. The first-order valence-electron chi connectivity index (χ1n) is 30.6. The van der Waals surface area contributed by atoms with Crippen molar-refractivity contribution in [3.05, 3.63) is 346 Å². The van der Waals surface area contributed by atoms with Crippen LogP contribution in [-0.4, -0.2) is 39.8 Å². The van der Waals surface area contributed by atoms with Gasteiger partial charge in [0.25, 0.3) is 0 Å². The Morgan fingerprint density at radius 3 is 0.809 bits per heavy atom. The van der Waals surface area contributed by atoms with E-state index in [0.717, 1.165) is 67.2 Å². The van der Waals surface area contributed by atoms with Crippen molar-refractivity contribution < 1.29 is 0 Å². The summed E-state index contributed by atoms with van der Waals surface area (Å²) >= 11 is 0. The first-order valence-corrected chi connectivity index (χ1v) is 34.6. The van der Waals surface area contributed by atoms with Gasteiger partial charge in [-0.2, -0.15) is 0 Å². The Balaban J connectivity index is 0.887. The van der Waals surface area contributed by atoms with Crippen LogP contribution in [0.25, 0.3) is 94.1 Å². The molecule has 5 aromatic heterocycles. The summed E-state index contributed by atoms with van der Waals surface area (Å²) in [4.78, 5) is 11.6. The van der Waals surface area contributed by atoms with Gasteiger partial charge < -0.3 is 0 Å². The zero-order chi connectivity index (χ0) is 58.9. The molecule has 0 saturated heterocycles. The van der Waals surface area contributed by atoms with E-state index in [1.54, 1.807) is 0 Å². The molecular weight excluding hydrogens is 1110 g/mol. The first-order chi connectivity index (χ1) is 44.2. The number of rotatable bonds is 12. The summed E-state index contributed by atoms with van der Waals surface area (Å²) in [5.41, 5.74) is 8.32. The molecular formula is C82H57N5Si2. The molecule has 0 radical (unpaired) electrons. The third kappa shape index (κ3) is 8.20. The summed E-state index contributed by atoms with van der Waals surface area (Å²) in [6.45, 7) is 0. The maximum Gasteiger partial charge on any atom is 0.179 e. The van der Waals surface area contributed by atoms with Crippen molar-refractivity contribution in [1.82, 2.24) is 23.7 Å². The third-order valence-corrected chi connectivity index (χ3v) is 28.1. The second-order valence-corrected chi connectivity index (χ2v) is 30.8. The standard InChI is InChI=1S/C82H57N5Si2/c1-7-28-59(29-8-1)88(60-30-9-2-10-31-60,61-32-11-3-12-33-61)65-50-52-78-71(56-65)69-42-21-25-47-76(69)85(78)80-49-27-44-73(83-80)58-54-81(86-74-45-23-19-40-67(74)68-41-20-24-46-75(68)86)84-82(55-58)87-77-48-26-22-43-70(77)72-57-66(51-53-79(72)87)89(62-34-13-4-14-35-62,63-36-15-5-16-37-63)64-38-17-6-18-39-64/h1-57H. The fourth-order valence-electron chi connectivity index (χ4n) is 14.8. The van der Waals surface area contributed by atoms with Gasteiger partial charge in [-0.05, 0) is 102 Å². The van der Waals surface area contributed by atoms with Crippen LogP contribution < -0.4 is 41.5 Å². The van der Waals surface area contributed by atoms with Crippen molar-refractivity contribution in [3.63, 3.8) is 0 Å². The molecule has 0 atom stereocenters. The van der Waals surface area contributed by atoms with Crippen LogP contribution in [0.1, 0.15) is 0 Å². The third-order valence-electron chi connectivity index (χ3n) is 18.5. The van der Waals surface area contributed by atoms with Gasteiger partial charge in [0, 0.05) is 37.9 Å². The summed E-state index contributed by atoms with van der Waals surface area (Å²) in [5, 5.41) is 17.7. The monoisotopic (exact) mass is 1170 g/mol. The molecule has 0 aliphatic rings. The molecule has 0 saturated carbocycles. The minimum absolute atomic E-state index is 0.801. The van der Waals surface area contributed by atoms with Gasteiger partial charge in [0.05, 0.1) is 38.8 Å². The highest BCUT2D eigenvalue weighted by atomic mass is 28.3. The van der Waals surface area contributed by atoms with Crippen LogP contribution >= 0.6 is 0 Å². The van der Waals surface area contributed by atoms with Gasteiger partial charge in [-0.1, -0.05) is 285 Å². The van der Waals surface area contributed by atoms with Crippen molar-refractivity contribution in [3.8, 4) is 28.7 Å². The minimum Gasteiger partial charge on any atom is -0.294 e. The lowest BCUT2D eigenvalue weighted by molar-refractivity contribution is 1.01. The second kappa shape index (κ2) is 21.3. The molecule has 17 rings (SSSR count). The van der Waals surface area contributed by atoms with Crippen LogP contribution in [0.3, 0.4) is 0 Å². The highest BCUT2D eigenvalue weighted by molar-refractivity contribution is 7.20. The topological polar surface area (TPSA) is 40.6 Å². The van der Waals surface area contributed by atoms with E-state index in [1.165, 1.54) is 68.4 Å². The first kappa shape index (κ1) is 52.1. The predicted octanol–water partition coefficient (Wildman–Crippen LogP) is 14.2. The van der Waals surface area contributed by atoms with E-state index in [0.29, 0.717) is 0 Å². The molecule has 5 heterocycles. The van der Waals surface area contributed by atoms with Gasteiger partial charge >= 0.3 is 0 Å². The summed E-state index contributed by atoms with van der Waals surface area (Å²) in [6.07, 6.45) is 0. The normalized spacial score (nSPS) is 12.0. The number of para-hydroxylation sites is 4. The maximum atomic E-state index is 5.81. The molecule has 0 N–H and O–H groups in total. The Morgan fingerprint density at radius 2 is 0.472 bits per heavy atom. The molecule has 0 unspecified atom stereocenters. The average Bonchev–Trinajstić information content (AvgIpc) is 1.83. The molecule has 0 aliphatic carbocycles. The molecule has 0 aliphatic heterocycles. The van der Waals surface area contributed by atoms with Crippen LogP contribution in [0.5, 0.6) is 0 Å². The van der Waals surface area contributed by atoms with E-state index in [4.69, 9.17) is 9.97 Å². The van der Waals surface area contributed by atoms with Crippen LogP contribution in [0.2, 0.25) is 0 Å². The lowest BCUT2D eigenvalue weighted by atomic mass is 10.1. The van der Waals surface area contributed by atoms with Gasteiger partial charge in [0.15, 0.2) is 16.1 Å². The van der Waals surface area contributed by atoms with Crippen LogP contribution in [0, 0.1) is 0 Å². The number of benzene rings is 12. The summed E-state index contributed by atoms with van der Waals surface area (Å²) in [6, 6.07) is 128. The Morgan fingerprint density at radius 1 is 0.191 bits per heavy atom. The zero-order valence-electron chi connectivity index (χ0n) is 48.6. The van der Waals surface area contributed by atoms with E-state index >= 15 is 0 Å². The quantitative estimate of drug-likeness (QED) is 0.0903. The average molecular weight is 1170 g/mol. The Bertz CT molecular complexity index is 5240. The van der Waals surface area contributed by atoms with Gasteiger partial charge in [-0.3, -0.25) is 13.7 Å². The second-order valence-electron chi connectivity index (χ2n) is 23.2. The molecule has 7 heteroatoms. The van der Waals surface area contributed by atoms with Crippen molar-refractivity contribution >= 4 is 123 Å². The van der Waals surface area contributed by atoms with Crippen molar-refractivity contribution in [1.29, 1.82) is 0 Å². The molecule has 0 spiro atoms. The van der Waals surface area contributed by atoms with E-state index in [2.05, 4.69) is 359 Å². The van der Waals surface area contributed by atoms with Crippen molar-refractivity contribution in [2.24, 2.45) is 0 Å². The van der Waals surface area contributed by atoms with Gasteiger partial charge in [-0.15, -0.1) is 0 Å². The van der Waals surface area contributed by atoms with Crippen molar-refractivity contribution in [2.45, 2.75) is 0 Å². The molecule has 0 bridgehead atoms. The molecule has 418 valence electrons. The van der Waals surface area contributed by atoms with Gasteiger partial charge in [0.2, 0.25) is 0 Å². The van der Waals surface area contributed by atoms with Crippen LogP contribution in [0.4, 0.5) is 0 Å². The van der Waals surface area contributed by atoms with E-state index in [1.807, 2.05) is 0 Å². The van der Waals surface area contributed by atoms with E-state index in [-0.39, 0.29) is 0 Å². The van der Waals surface area contributed by atoms with Crippen LogP contribution in [0.15, 0.2) is 346 Å². The van der Waals surface area contributed by atoms with E-state index < -0.39 is 16.1 Å². The van der Waals surface area contributed by atoms with E-state index in [9.17, 15) is 0 Å². The highest BCUT2D eigenvalue weighted by Gasteiger charge is 2.43.